The van der Waals surface area contributed by atoms with E-state index in [9.17, 15) is 4.79 Å². The molecule has 0 aliphatic rings. The first kappa shape index (κ1) is 16.7. The number of nitrogens with one attached hydrogen (secondary N) is 1. The molecule has 0 saturated heterocycles. The maximum absolute atomic E-state index is 12.6. The van der Waals surface area contributed by atoms with Crippen molar-refractivity contribution in [2.75, 3.05) is 5.32 Å². The van der Waals surface area contributed by atoms with Crippen LogP contribution >= 0.6 is 0 Å². The van der Waals surface area contributed by atoms with Crippen LogP contribution in [0.1, 0.15) is 16.1 Å². The number of rotatable bonds is 4. The van der Waals surface area contributed by atoms with Crippen molar-refractivity contribution in [2.45, 2.75) is 6.92 Å². The molecule has 0 unspecified atom stereocenters. The third-order valence-corrected chi connectivity index (χ3v) is 4.34. The second kappa shape index (κ2) is 6.87. The summed E-state index contributed by atoms with van der Waals surface area (Å²) >= 11 is 0. The van der Waals surface area contributed by atoms with Crippen LogP contribution in [0.2, 0.25) is 0 Å². The molecule has 0 fully saturated rings. The molecule has 0 spiro atoms. The number of carbonyl (C=O) groups excluding carboxylic acids is 1. The highest BCUT2D eigenvalue weighted by molar-refractivity contribution is 6.03. The second-order valence-electron chi connectivity index (χ2n) is 6.14. The van der Waals surface area contributed by atoms with Crippen LogP contribution in [0.25, 0.3) is 22.6 Å². The van der Waals surface area contributed by atoms with Gasteiger partial charge in [0.25, 0.3) is 5.91 Å². The number of hydrogen-bond acceptors (Lipinski definition) is 5. The SMILES string of the molecule is Cc1c(NC(=O)c2cc(-c3ccccc3)no2)cccc1-c1nncn1C. The first-order valence-corrected chi connectivity index (χ1v) is 8.41. The van der Waals surface area contributed by atoms with E-state index in [1.165, 1.54) is 0 Å². The van der Waals surface area contributed by atoms with Crippen LogP contribution in [0.5, 0.6) is 0 Å². The molecule has 0 atom stereocenters. The van der Waals surface area contributed by atoms with Crippen molar-refractivity contribution in [1.82, 2.24) is 19.9 Å². The lowest BCUT2D eigenvalue weighted by Gasteiger charge is -2.11. The molecule has 1 amide bonds. The first-order chi connectivity index (χ1) is 13.1. The number of benzene rings is 2. The van der Waals surface area contributed by atoms with Crippen molar-refractivity contribution < 1.29 is 9.32 Å². The number of amides is 1. The monoisotopic (exact) mass is 359 g/mol. The molecule has 0 aliphatic heterocycles. The number of anilines is 1. The Morgan fingerprint density at radius 2 is 1.93 bits per heavy atom. The number of aryl methyl sites for hydroxylation is 1. The Bertz CT molecular complexity index is 1100. The van der Waals surface area contributed by atoms with E-state index >= 15 is 0 Å². The zero-order valence-electron chi connectivity index (χ0n) is 14.9. The molecule has 1 N–H and O–H groups in total. The van der Waals surface area contributed by atoms with Crippen molar-refractivity contribution in [3.63, 3.8) is 0 Å². The van der Waals surface area contributed by atoms with E-state index in [-0.39, 0.29) is 11.7 Å². The largest absolute Gasteiger partial charge is 0.350 e. The van der Waals surface area contributed by atoms with Gasteiger partial charge in [-0.15, -0.1) is 10.2 Å². The fourth-order valence-corrected chi connectivity index (χ4v) is 2.85. The van der Waals surface area contributed by atoms with Crippen LogP contribution in [0, 0.1) is 6.92 Å². The van der Waals surface area contributed by atoms with Crippen LogP contribution in [-0.4, -0.2) is 25.8 Å². The zero-order valence-corrected chi connectivity index (χ0v) is 14.9. The molecule has 0 saturated carbocycles. The molecule has 4 rings (SSSR count). The third-order valence-electron chi connectivity index (χ3n) is 4.34. The maximum Gasteiger partial charge on any atom is 0.294 e. The maximum atomic E-state index is 12.6. The van der Waals surface area contributed by atoms with E-state index in [4.69, 9.17) is 4.52 Å². The lowest BCUT2D eigenvalue weighted by atomic mass is 10.1. The van der Waals surface area contributed by atoms with Crippen molar-refractivity contribution in [3.05, 3.63) is 72.2 Å². The Labute approximate surface area is 155 Å². The predicted molar refractivity (Wildman–Crippen MR) is 101 cm³/mol. The minimum absolute atomic E-state index is 0.150. The van der Waals surface area contributed by atoms with Gasteiger partial charge in [0.1, 0.15) is 12.0 Å². The Morgan fingerprint density at radius 1 is 1.11 bits per heavy atom. The van der Waals surface area contributed by atoms with Gasteiger partial charge in [-0.05, 0) is 18.6 Å². The molecule has 2 aromatic heterocycles. The average molecular weight is 359 g/mol. The van der Waals surface area contributed by atoms with E-state index in [0.717, 1.165) is 22.5 Å². The highest BCUT2D eigenvalue weighted by Gasteiger charge is 2.17. The highest BCUT2D eigenvalue weighted by Crippen LogP contribution is 2.27. The Kier molecular flexibility index (Phi) is 4.25. The standard InChI is InChI=1S/C20H17N5O2/c1-13-15(19-23-21-12-25(19)2)9-6-10-16(13)22-20(26)18-11-17(24-27-18)14-7-4-3-5-8-14/h3-12H,1-2H3,(H,22,26). The van der Waals surface area contributed by atoms with Crippen LogP contribution < -0.4 is 5.32 Å². The number of hydrogen-bond donors (Lipinski definition) is 1. The average Bonchev–Trinajstić information content (AvgIpc) is 3.34. The molecule has 4 aromatic rings. The summed E-state index contributed by atoms with van der Waals surface area (Å²) in [7, 11) is 1.87. The summed E-state index contributed by atoms with van der Waals surface area (Å²) in [6.07, 6.45) is 1.64. The van der Waals surface area contributed by atoms with E-state index in [2.05, 4.69) is 20.7 Å². The molecule has 7 heteroatoms. The molecular weight excluding hydrogens is 342 g/mol. The first-order valence-electron chi connectivity index (χ1n) is 8.41. The van der Waals surface area contributed by atoms with Gasteiger partial charge in [-0.1, -0.05) is 47.6 Å². The smallest absolute Gasteiger partial charge is 0.294 e. The lowest BCUT2D eigenvalue weighted by Crippen LogP contribution is -2.12. The van der Waals surface area contributed by atoms with Crippen molar-refractivity contribution >= 4 is 11.6 Å². The van der Waals surface area contributed by atoms with Crippen LogP contribution in [0.4, 0.5) is 5.69 Å². The topological polar surface area (TPSA) is 85.8 Å². The molecular formula is C20H17N5O2. The molecule has 0 radical (unpaired) electrons. The van der Waals surface area contributed by atoms with Gasteiger partial charge in [-0.25, -0.2) is 0 Å². The number of aromatic nitrogens is 4. The normalized spacial score (nSPS) is 10.7. The summed E-state index contributed by atoms with van der Waals surface area (Å²) in [5.74, 6) is 0.523. The van der Waals surface area contributed by atoms with Crippen LogP contribution in [0.15, 0.2) is 65.4 Å². The lowest BCUT2D eigenvalue weighted by molar-refractivity contribution is 0.0988. The minimum Gasteiger partial charge on any atom is -0.350 e. The molecule has 2 heterocycles. The molecule has 2 aromatic carbocycles. The Balaban J connectivity index is 1.59. The van der Waals surface area contributed by atoms with Crippen molar-refractivity contribution in [1.29, 1.82) is 0 Å². The van der Waals surface area contributed by atoms with Crippen LogP contribution in [0.3, 0.4) is 0 Å². The van der Waals surface area contributed by atoms with Crippen LogP contribution in [-0.2, 0) is 7.05 Å². The summed E-state index contributed by atoms with van der Waals surface area (Å²) in [5, 5.41) is 14.9. The zero-order chi connectivity index (χ0) is 18.8. The van der Waals surface area contributed by atoms with E-state index < -0.39 is 0 Å². The fraction of sp³-hybridized carbons (Fsp3) is 0.100. The van der Waals surface area contributed by atoms with E-state index in [0.29, 0.717) is 11.4 Å². The molecule has 27 heavy (non-hydrogen) atoms. The Hall–Kier alpha value is -3.74. The van der Waals surface area contributed by atoms with Gasteiger partial charge in [0.15, 0.2) is 5.82 Å². The van der Waals surface area contributed by atoms with Gasteiger partial charge in [-0.2, -0.15) is 0 Å². The third kappa shape index (κ3) is 3.22. The molecule has 7 nitrogen and oxygen atoms in total. The van der Waals surface area contributed by atoms with Gasteiger partial charge < -0.3 is 14.4 Å². The number of nitrogens with zero attached hydrogens (tertiary/aromatic N) is 4. The van der Waals surface area contributed by atoms with Gasteiger partial charge in [0.05, 0.1) is 0 Å². The summed E-state index contributed by atoms with van der Waals surface area (Å²) < 4.78 is 7.06. The number of carbonyl (C=O) groups is 1. The molecule has 0 aliphatic carbocycles. The quantitative estimate of drug-likeness (QED) is 0.600. The summed E-state index contributed by atoms with van der Waals surface area (Å²) in [6.45, 7) is 1.93. The van der Waals surface area contributed by atoms with Gasteiger partial charge in [0.2, 0.25) is 5.76 Å². The highest BCUT2D eigenvalue weighted by atomic mass is 16.5. The fourth-order valence-electron chi connectivity index (χ4n) is 2.85. The summed E-state index contributed by atoms with van der Waals surface area (Å²) in [6, 6.07) is 16.8. The molecule has 0 bridgehead atoms. The van der Waals surface area contributed by atoms with Crippen molar-refractivity contribution in [2.24, 2.45) is 7.05 Å². The van der Waals surface area contributed by atoms with Gasteiger partial charge >= 0.3 is 0 Å². The Morgan fingerprint density at radius 3 is 2.67 bits per heavy atom. The van der Waals surface area contributed by atoms with E-state index in [1.54, 1.807) is 12.4 Å². The minimum atomic E-state index is -0.358. The molecule has 134 valence electrons. The van der Waals surface area contributed by atoms with Gasteiger partial charge in [-0.3, -0.25) is 4.79 Å². The summed E-state index contributed by atoms with van der Waals surface area (Å²) in [5.41, 5.74) is 3.98. The van der Waals surface area contributed by atoms with Crippen molar-refractivity contribution in [3.8, 4) is 22.6 Å². The second-order valence-corrected chi connectivity index (χ2v) is 6.14. The van der Waals surface area contributed by atoms with E-state index in [1.807, 2.05) is 67.1 Å². The summed E-state index contributed by atoms with van der Waals surface area (Å²) in [4.78, 5) is 12.6. The predicted octanol–water partition coefficient (Wildman–Crippen LogP) is 3.70. The van der Waals surface area contributed by atoms with Gasteiger partial charge in [0, 0.05) is 29.9 Å².